The molecule has 1 aliphatic heterocycles. The van der Waals surface area contributed by atoms with Crippen LogP contribution in [0.2, 0.25) is 0 Å². The standard InChI is InChI=1S/C25H24N2O3/c1-17-5-3-4-6-21(17)16-26-24(28)20-8-7-18-13-14-27(23(18)15-20)25(29)19-9-11-22(30-2)12-10-19/h3-12,15H,13-14,16H2,1-2H3,(H,26,28). The first-order valence-corrected chi connectivity index (χ1v) is 9.98. The van der Waals surface area contributed by atoms with Crippen LogP contribution in [0.5, 0.6) is 5.75 Å². The number of aryl methyl sites for hydroxylation is 1. The molecule has 5 nitrogen and oxygen atoms in total. The summed E-state index contributed by atoms with van der Waals surface area (Å²) in [6, 6.07) is 20.6. The van der Waals surface area contributed by atoms with Gasteiger partial charge in [0.25, 0.3) is 11.8 Å². The molecular weight excluding hydrogens is 376 g/mol. The minimum absolute atomic E-state index is 0.0751. The van der Waals surface area contributed by atoms with Crippen molar-refractivity contribution in [1.29, 1.82) is 0 Å². The van der Waals surface area contributed by atoms with Gasteiger partial charge in [-0.15, -0.1) is 0 Å². The Morgan fingerprint density at radius 2 is 1.73 bits per heavy atom. The van der Waals surface area contributed by atoms with Gasteiger partial charge in [-0.25, -0.2) is 0 Å². The summed E-state index contributed by atoms with van der Waals surface area (Å²) < 4.78 is 5.17. The highest BCUT2D eigenvalue weighted by atomic mass is 16.5. The van der Waals surface area contributed by atoms with Crippen molar-refractivity contribution in [2.45, 2.75) is 19.9 Å². The van der Waals surface area contributed by atoms with Crippen molar-refractivity contribution in [3.63, 3.8) is 0 Å². The summed E-state index contributed by atoms with van der Waals surface area (Å²) in [5, 5.41) is 2.98. The first-order chi connectivity index (χ1) is 14.6. The lowest BCUT2D eigenvalue weighted by atomic mass is 10.1. The molecule has 152 valence electrons. The Hall–Kier alpha value is -3.60. The third-order valence-corrected chi connectivity index (χ3v) is 5.53. The maximum absolute atomic E-state index is 13.0. The van der Waals surface area contributed by atoms with Crippen molar-refractivity contribution in [2.75, 3.05) is 18.6 Å². The first kappa shape index (κ1) is 19.7. The maximum Gasteiger partial charge on any atom is 0.258 e. The number of anilines is 1. The van der Waals surface area contributed by atoms with E-state index in [-0.39, 0.29) is 11.8 Å². The molecule has 1 aliphatic rings. The second kappa shape index (κ2) is 8.41. The fraction of sp³-hybridized carbons (Fsp3) is 0.200. The molecule has 0 fully saturated rings. The van der Waals surface area contributed by atoms with Gasteiger partial charge in [-0.2, -0.15) is 0 Å². The zero-order valence-electron chi connectivity index (χ0n) is 17.1. The van der Waals surface area contributed by atoms with E-state index < -0.39 is 0 Å². The van der Waals surface area contributed by atoms with Gasteiger partial charge in [-0.1, -0.05) is 30.3 Å². The largest absolute Gasteiger partial charge is 0.497 e. The van der Waals surface area contributed by atoms with E-state index in [2.05, 4.69) is 5.32 Å². The van der Waals surface area contributed by atoms with Crippen molar-refractivity contribution in [2.24, 2.45) is 0 Å². The molecule has 1 N–H and O–H groups in total. The van der Waals surface area contributed by atoms with Crippen LogP contribution in [0.3, 0.4) is 0 Å². The molecule has 0 bridgehead atoms. The molecule has 0 atom stereocenters. The van der Waals surface area contributed by atoms with Gasteiger partial charge >= 0.3 is 0 Å². The highest BCUT2D eigenvalue weighted by Gasteiger charge is 2.26. The lowest BCUT2D eigenvalue weighted by Crippen LogP contribution is -2.29. The SMILES string of the molecule is COc1ccc(C(=O)N2CCc3ccc(C(=O)NCc4ccccc4C)cc32)cc1. The van der Waals surface area contributed by atoms with E-state index in [0.29, 0.717) is 30.0 Å². The van der Waals surface area contributed by atoms with E-state index in [1.54, 1.807) is 36.3 Å². The summed E-state index contributed by atoms with van der Waals surface area (Å²) in [6.45, 7) is 3.10. The monoisotopic (exact) mass is 400 g/mol. The molecule has 0 unspecified atom stereocenters. The summed E-state index contributed by atoms with van der Waals surface area (Å²) in [7, 11) is 1.60. The third-order valence-electron chi connectivity index (χ3n) is 5.53. The minimum Gasteiger partial charge on any atom is -0.497 e. The summed E-state index contributed by atoms with van der Waals surface area (Å²) in [5.74, 6) is 0.486. The number of hydrogen-bond acceptors (Lipinski definition) is 3. The molecular formula is C25H24N2O3. The first-order valence-electron chi connectivity index (χ1n) is 9.98. The zero-order valence-corrected chi connectivity index (χ0v) is 17.1. The number of ether oxygens (including phenoxy) is 1. The van der Waals surface area contributed by atoms with E-state index in [1.165, 1.54) is 0 Å². The Morgan fingerprint density at radius 3 is 2.47 bits per heavy atom. The summed E-state index contributed by atoms with van der Waals surface area (Å²) in [5.41, 5.74) is 5.26. The number of hydrogen-bond donors (Lipinski definition) is 1. The van der Waals surface area contributed by atoms with Crippen LogP contribution >= 0.6 is 0 Å². The number of carbonyl (C=O) groups is 2. The molecule has 0 aliphatic carbocycles. The lowest BCUT2D eigenvalue weighted by molar-refractivity contribution is 0.0948. The molecule has 0 spiro atoms. The van der Waals surface area contributed by atoms with Crippen LogP contribution in [0.4, 0.5) is 5.69 Å². The number of methoxy groups -OCH3 is 1. The predicted octanol–water partition coefficient (Wildman–Crippen LogP) is 4.14. The summed E-state index contributed by atoms with van der Waals surface area (Å²) in [6.07, 6.45) is 0.780. The number of amides is 2. The summed E-state index contributed by atoms with van der Waals surface area (Å²) >= 11 is 0. The molecule has 5 heteroatoms. The van der Waals surface area contributed by atoms with Crippen LogP contribution in [0.15, 0.2) is 66.7 Å². The van der Waals surface area contributed by atoms with Gasteiger partial charge < -0.3 is 15.0 Å². The Bertz CT molecular complexity index is 1090. The van der Waals surface area contributed by atoms with E-state index in [4.69, 9.17) is 4.74 Å². The average molecular weight is 400 g/mol. The number of fused-ring (bicyclic) bond motifs is 1. The van der Waals surface area contributed by atoms with Crippen LogP contribution < -0.4 is 15.0 Å². The number of benzene rings is 3. The van der Waals surface area contributed by atoms with Crippen LogP contribution in [-0.4, -0.2) is 25.5 Å². The molecule has 3 aromatic rings. The number of rotatable bonds is 5. The van der Waals surface area contributed by atoms with Crippen molar-refractivity contribution >= 4 is 17.5 Å². The molecule has 3 aromatic carbocycles. The Kier molecular flexibility index (Phi) is 5.53. The molecule has 0 saturated heterocycles. The quantitative estimate of drug-likeness (QED) is 0.700. The normalized spacial score (nSPS) is 12.4. The maximum atomic E-state index is 13.0. The molecule has 30 heavy (non-hydrogen) atoms. The van der Waals surface area contributed by atoms with Gasteiger partial charge in [-0.05, 0) is 66.4 Å². The smallest absolute Gasteiger partial charge is 0.258 e. The van der Waals surface area contributed by atoms with Gasteiger partial charge in [-0.3, -0.25) is 9.59 Å². The second-order valence-electron chi connectivity index (χ2n) is 7.39. The number of nitrogens with zero attached hydrogens (tertiary/aromatic N) is 1. The van der Waals surface area contributed by atoms with E-state index >= 15 is 0 Å². The Morgan fingerprint density at radius 1 is 1.00 bits per heavy atom. The van der Waals surface area contributed by atoms with Gasteiger partial charge in [0.2, 0.25) is 0 Å². The fourth-order valence-corrected chi connectivity index (χ4v) is 3.71. The second-order valence-corrected chi connectivity index (χ2v) is 7.39. The van der Waals surface area contributed by atoms with Crippen LogP contribution in [0.25, 0.3) is 0 Å². The van der Waals surface area contributed by atoms with Crippen LogP contribution in [-0.2, 0) is 13.0 Å². The molecule has 2 amide bonds. The molecule has 1 heterocycles. The Balaban J connectivity index is 1.51. The number of nitrogens with one attached hydrogen (secondary N) is 1. The number of carbonyl (C=O) groups excluding carboxylic acids is 2. The fourth-order valence-electron chi connectivity index (χ4n) is 3.71. The van der Waals surface area contributed by atoms with Crippen molar-refractivity contribution < 1.29 is 14.3 Å². The van der Waals surface area contributed by atoms with E-state index in [1.807, 2.05) is 49.4 Å². The van der Waals surface area contributed by atoms with Crippen molar-refractivity contribution in [3.05, 3.63) is 94.5 Å². The highest BCUT2D eigenvalue weighted by molar-refractivity contribution is 6.08. The van der Waals surface area contributed by atoms with Crippen LogP contribution in [0, 0.1) is 6.92 Å². The third kappa shape index (κ3) is 3.92. The van der Waals surface area contributed by atoms with E-state index in [9.17, 15) is 9.59 Å². The van der Waals surface area contributed by atoms with Gasteiger partial charge in [0.05, 0.1) is 7.11 Å². The molecule has 0 radical (unpaired) electrons. The zero-order chi connectivity index (χ0) is 21.1. The van der Waals surface area contributed by atoms with Crippen LogP contribution in [0.1, 0.15) is 37.4 Å². The predicted molar refractivity (Wildman–Crippen MR) is 117 cm³/mol. The molecule has 0 saturated carbocycles. The van der Waals surface area contributed by atoms with Crippen molar-refractivity contribution in [3.8, 4) is 5.75 Å². The minimum atomic E-state index is -0.148. The molecule has 0 aromatic heterocycles. The van der Waals surface area contributed by atoms with Gasteiger partial charge in [0.1, 0.15) is 5.75 Å². The highest BCUT2D eigenvalue weighted by Crippen LogP contribution is 2.30. The van der Waals surface area contributed by atoms with Crippen molar-refractivity contribution in [1.82, 2.24) is 5.32 Å². The topological polar surface area (TPSA) is 58.6 Å². The summed E-state index contributed by atoms with van der Waals surface area (Å²) in [4.78, 5) is 27.5. The Labute approximate surface area is 176 Å². The average Bonchev–Trinajstić information content (AvgIpc) is 3.21. The van der Waals surface area contributed by atoms with Gasteiger partial charge in [0.15, 0.2) is 0 Å². The molecule has 4 rings (SSSR count). The van der Waals surface area contributed by atoms with Gasteiger partial charge in [0, 0.05) is 29.9 Å². The lowest BCUT2D eigenvalue weighted by Gasteiger charge is -2.18. The van der Waals surface area contributed by atoms with E-state index in [0.717, 1.165) is 28.8 Å².